The zero-order chi connectivity index (χ0) is 24.8. The van der Waals surface area contributed by atoms with Crippen LogP contribution in [0.3, 0.4) is 0 Å². The first-order valence-electron chi connectivity index (χ1n) is 11.5. The topological polar surface area (TPSA) is 78.5 Å². The summed E-state index contributed by atoms with van der Waals surface area (Å²) < 4.78 is 27.7. The van der Waals surface area contributed by atoms with Gasteiger partial charge in [-0.1, -0.05) is 55.8 Å². The van der Waals surface area contributed by atoms with Crippen LogP contribution in [0.25, 0.3) is 0 Å². The molecule has 8 heteroatoms. The minimum absolute atomic E-state index is 0.0167. The van der Waals surface area contributed by atoms with Crippen LogP contribution in [-0.4, -0.2) is 34.7 Å². The first-order chi connectivity index (χ1) is 16.2. The van der Waals surface area contributed by atoms with Crippen LogP contribution >= 0.6 is 0 Å². The van der Waals surface area contributed by atoms with Gasteiger partial charge in [-0.3, -0.25) is 14.4 Å². The van der Waals surface area contributed by atoms with Gasteiger partial charge in [0.25, 0.3) is 0 Å². The van der Waals surface area contributed by atoms with Gasteiger partial charge in [-0.15, -0.1) is 0 Å². The van der Waals surface area contributed by atoms with E-state index in [1.165, 1.54) is 17.0 Å². The number of benzene rings is 2. The molecule has 3 amide bonds. The summed E-state index contributed by atoms with van der Waals surface area (Å²) in [6.07, 6.45) is 0.659. The molecule has 2 aromatic carbocycles. The maximum Gasteiger partial charge on any atom is 0.243 e. The first-order valence-corrected chi connectivity index (χ1v) is 11.5. The standard InChI is InChI=1S/C26H31F2N3O3/c1-16(2)25(26(34)29-14-18-9-7-17(3)8-10-18)30-22(32)13-20-11-12-23(33)31(20)15-19-5-4-6-21(27)24(19)28/h4-10,16,20,25H,11-15H2,1-3H3,(H,29,34)(H,30,32). The summed E-state index contributed by atoms with van der Waals surface area (Å²) in [6, 6.07) is 10.5. The van der Waals surface area contributed by atoms with Gasteiger partial charge in [0.05, 0.1) is 0 Å². The molecule has 0 bridgehead atoms. The van der Waals surface area contributed by atoms with Gasteiger partial charge >= 0.3 is 0 Å². The molecule has 34 heavy (non-hydrogen) atoms. The van der Waals surface area contributed by atoms with E-state index in [-0.39, 0.29) is 48.6 Å². The zero-order valence-corrected chi connectivity index (χ0v) is 19.7. The normalized spacial score (nSPS) is 16.6. The number of carbonyl (C=O) groups is 3. The number of aryl methyl sites for hydroxylation is 1. The Kier molecular flexibility index (Phi) is 8.36. The van der Waals surface area contributed by atoms with Gasteiger partial charge in [0.2, 0.25) is 17.7 Å². The van der Waals surface area contributed by atoms with E-state index in [1.807, 2.05) is 45.0 Å². The average molecular weight is 472 g/mol. The smallest absolute Gasteiger partial charge is 0.243 e. The Morgan fingerprint density at radius 2 is 1.82 bits per heavy atom. The highest BCUT2D eigenvalue weighted by molar-refractivity contribution is 5.88. The van der Waals surface area contributed by atoms with Crippen molar-refractivity contribution in [3.8, 4) is 0 Å². The van der Waals surface area contributed by atoms with Crippen molar-refractivity contribution in [2.45, 2.75) is 65.2 Å². The summed E-state index contributed by atoms with van der Waals surface area (Å²) in [5, 5.41) is 5.65. The molecule has 1 fully saturated rings. The molecule has 0 aliphatic carbocycles. The Morgan fingerprint density at radius 3 is 2.50 bits per heavy atom. The maximum absolute atomic E-state index is 14.1. The zero-order valence-electron chi connectivity index (χ0n) is 19.7. The van der Waals surface area contributed by atoms with Crippen molar-refractivity contribution in [1.29, 1.82) is 0 Å². The Labute approximate surface area is 198 Å². The van der Waals surface area contributed by atoms with E-state index in [0.717, 1.165) is 17.2 Å². The fourth-order valence-corrected chi connectivity index (χ4v) is 4.06. The van der Waals surface area contributed by atoms with E-state index in [2.05, 4.69) is 10.6 Å². The molecule has 3 rings (SSSR count). The summed E-state index contributed by atoms with van der Waals surface area (Å²) in [4.78, 5) is 39.3. The second-order valence-corrected chi connectivity index (χ2v) is 9.12. The number of halogens is 2. The van der Waals surface area contributed by atoms with E-state index in [9.17, 15) is 23.2 Å². The molecular weight excluding hydrogens is 440 g/mol. The minimum atomic E-state index is -0.990. The monoisotopic (exact) mass is 471 g/mol. The highest BCUT2D eigenvalue weighted by Gasteiger charge is 2.34. The lowest BCUT2D eigenvalue weighted by molar-refractivity contribution is -0.132. The Hall–Kier alpha value is -3.29. The number of nitrogens with one attached hydrogen (secondary N) is 2. The fraction of sp³-hybridized carbons (Fsp3) is 0.423. The SMILES string of the molecule is Cc1ccc(CNC(=O)C(NC(=O)CC2CCC(=O)N2Cc2cccc(F)c2F)C(C)C)cc1. The van der Waals surface area contributed by atoms with Crippen molar-refractivity contribution in [1.82, 2.24) is 15.5 Å². The number of likely N-dealkylation sites (tertiary alicyclic amines) is 1. The van der Waals surface area contributed by atoms with Gasteiger partial charge < -0.3 is 15.5 Å². The molecule has 2 unspecified atom stereocenters. The highest BCUT2D eigenvalue weighted by Crippen LogP contribution is 2.25. The predicted octanol–water partition coefficient (Wildman–Crippen LogP) is 3.61. The van der Waals surface area contributed by atoms with E-state index in [1.54, 1.807) is 0 Å². The first kappa shape index (κ1) is 25.3. The molecule has 1 aliphatic heterocycles. The van der Waals surface area contributed by atoms with Crippen LogP contribution in [0.15, 0.2) is 42.5 Å². The van der Waals surface area contributed by atoms with Gasteiger partial charge in [0, 0.05) is 37.5 Å². The van der Waals surface area contributed by atoms with Crippen LogP contribution in [0.1, 0.15) is 49.8 Å². The van der Waals surface area contributed by atoms with Crippen molar-refractivity contribution in [3.63, 3.8) is 0 Å². The van der Waals surface area contributed by atoms with E-state index < -0.39 is 23.7 Å². The molecule has 182 valence electrons. The van der Waals surface area contributed by atoms with Crippen molar-refractivity contribution in [2.75, 3.05) is 0 Å². The van der Waals surface area contributed by atoms with Crippen molar-refractivity contribution >= 4 is 17.7 Å². The molecule has 0 aromatic heterocycles. The Balaban J connectivity index is 1.59. The molecule has 2 N–H and O–H groups in total. The van der Waals surface area contributed by atoms with Gasteiger partial charge in [-0.2, -0.15) is 0 Å². The van der Waals surface area contributed by atoms with Crippen molar-refractivity contribution in [2.24, 2.45) is 5.92 Å². The van der Waals surface area contributed by atoms with Gasteiger partial charge in [0.15, 0.2) is 11.6 Å². The highest BCUT2D eigenvalue weighted by atomic mass is 19.2. The minimum Gasteiger partial charge on any atom is -0.350 e. The summed E-state index contributed by atoms with van der Waals surface area (Å²) in [6.45, 7) is 5.91. The van der Waals surface area contributed by atoms with Crippen LogP contribution < -0.4 is 10.6 Å². The summed E-state index contributed by atoms with van der Waals surface area (Å²) in [5.41, 5.74) is 2.15. The van der Waals surface area contributed by atoms with Crippen LogP contribution in [0.5, 0.6) is 0 Å². The third-order valence-electron chi connectivity index (χ3n) is 6.10. The average Bonchev–Trinajstić information content (AvgIpc) is 3.13. The molecule has 1 heterocycles. The second kappa shape index (κ2) is 11.2. The third-order valence-corrected chi connectivity index (χ3v) is 6.10. The van der Waals surface area contributed by atoms with E-state index >= 15 is 0 Å². The van der Waals surface area contributed by atoms with Crippen molar-refractivity contribution in [3.05, 3.63) is 70.8 Å². The third kappa shape index (κ3) is 6.40. The Morgan fingerprint density at radius 1 is 1.12 bits per heavy atom. The van der Waals surface area contributed by atoms with Gasteiger partial charge in [0.1, 0.15) is 6.04 Å². The number of hydrogen-bond donors (Lipinski definition) is 2. The molecule has 0 radical (unpaired) electrons. The lowest BCUT2D eigenvalue weighted by Gasteiger charge is -2.27. The summed E-state index contributed by atoms with van der Waals surface area (Å²) >= 11 is 0. The number of rotatable bonds is 9. The molecule has 2 aromatic rings. The van der Waals surface area contributed by atoms with Crippen molar-refractivity contribution < 1.29 is 23.2 Å². The van der Waals surface area contributed by atoms with E-state index in [4.69, 9.17) is 0 Å². The van der Waals surface area contributed by atoms with Gasteiger partial charge in [-0.05, 0) is 30.9 Å². The lowest BCUT2D eigenvalue weighted by atomic mass is 10.0. The maximum atomic E-state index is 14.1. The second-order valence-electron chi connectivity index (χ2n) is 9.12. The largest absolute Gasteiger partial charge is 0.350 e. The number of carbonyl (C=O) groups excluding carboxylic acids is 3. The summed E-state index contributed by atoms with van der Waals surface area (Å²) in [7, 11) is 0. The predicted molar refractivity (Wildman–Crippen MR) is 124 cm³/mol. The molecular formula is C26H31F2N3O3. The lowest BCUT2D eigenvalue weighted by Crippen LogP contribution is -2.50. The quantitative estimate of drug-likeness (QED) is 0.587. The number of hydrogen-bond acceptors (Lipinski definition) is 3. The number of amides is 3. The molecule has 2 atom stereocenters. The summed E-state index contributed by atoms with van der Waals surface area (Å²) in [5.74, 6) is -2.98. The number of nitrogens with zero attached hydrogens (tertiary/aromatic N) is 1. The van der Waals surface area contributed by atoms with Gasteiger partial charge in [-0.25, -0.2) is 8.78 Å². The molecule has 1 saturated heterocycles. The Bertz CT molecular complexity index is 1040. The van der Waals surface area contributed by atoms with Crippen LogP contribution in [0.2, 0.25) is 0 Å². The van der Waals surface area contributed by atoms with E-state index in [0.29, 0.717) is 13.0 Å². The molecule has 0 spiro atoms. The molecule has 1 aliphatic rings. The van der Waals surface area contributed by atoms with Crippen LogP contribution in [-0.2, 0) is 27.5 Å². The van der Waals surface area contributed by atoms with Crippen LogP contribution in [0, 0.1) is 24.5 Å². The fourth-order valence-electron chi connectivity index (χ4n) is 4.06. The molecule has 0 saturated carbocycles. The molecule has 6 nitrogen and oxygen atoms in total. The van der Waals surface area contributed by atoms with Crippen LogP contribution in [0.4, 0.5) is 8.78 Å².